The maximum absolute atomic E-state index is 13.1. The lowest BCUT2D eigenvalue weighted by molar-refractivity contribution is -0.139. The van der Waals surface area contributed by atoms with E-state index in [1.165, 1.54) is 36.0 Å². The van der Waals surface area contributed by atoms with E-state index < -0.39 is 24.1 Å². The minimum atomic E-state index is -0.920. The van der Waals surface area contributed by atoms with Crippen LogP contribution in [0.5, 0.6) is 0 Å². The lowest BCUT2D eigenvalue weighted by Gasteiger charge is -2.21. The zero-order valence-corrected chi connectivity index (χ0v) is 17.6. The van der Waals surface area contributed by atoms with Crippen molar-refractivity contribution in [2.45, 2.75) is 75.2 Å². The Morgan fingerprint density at radius 1 is 1.24 bits per heavy atom. The zero-order chi connectivity index (χ0) is 21.4. The molecule has 3 unspecified atom stereocenters. The summed E-state index contributed by atoms with van der Waals surface area (Å²) in [6.45, 7) is 1.90. The molecular formula is C22H31FO5S. The van der Waals surface area contributed by atoms with Crippen molar-refractivity contribution < 1.29 is 29.3 Å². The van der Waals surface area contributed by atoms with Crippen molar-refractivity contribution in [3.05, 3.63) is 35.6 Å². The summed E-state index contributed by atoms with van der Waals surface area (Å²) in [5.74, 6) is -1.58. The van der Waals surface area contributed by atoms with Gasteiger partial charge in [0.05, 0.1) is 18.1 Å². The van der Waals surface area contributed by atoms with Crippen LogP contribution in [0.3, 0.4) is 0 Å². The monoisotopic (exact) mass is 426 g/mol. The third kappa shape index (κ3) is 7.08. The van der Waals surface area contributed by atoms with Crippen LogP contribution >= 0.6 is 11.8 Å². The first kappa shape index (κ1) is 23.8. The number of aliphatic carboxylic acids is 1. The van der Waals surface area contributed by atoms with Crippen LogP contribution in [-0.2, 0) is 9.59 Å². The first-order valence-electron chi connectivity index (χ1n) is 10.3. The van der Waals surface area contributed by atoms with Gasteiger partial charge in [0.2, 0.25) is 0 Å². The number of benzene rings is 1. The lowest BCUT2D eigenvalue weighted by Crippen LogP contribution is -2.25. The summed E-state index contributed by atoms with van der Waals surface area (Å²) in [6.07, 6.45) is 3.15. The van der Waals surface area contributed by atoms with E-state index in [0.717, 1.165) is 12.8 Å². The molecule has 162 valence electrons. The van der Waals surface area contributed by atoms with Gasteiger partial charge in [0.25, 0.3) is 0 Å². The van der Waals surface area contributed by atoms with Crippen LogP contribution in [0.1, 0.15) is 63.4 Å². The van der Waals surface area contributed by atoms with Gasteiger partial charge in [-0.05, 0) is 37.0 Å². The third-order valence-electron chi connectivity index (χ3n) is 5.63. The number of rotatable bonds is 12. The van der Waals surface area contributed by atoms with Crippen molar-refractivity contribution in [3.8, 4) is 0 Å². The Morgan fingerprint density at radius 3 is 2.55 bits per heavy atom. The number of Topliss-reactive ketones (excluding diaryl/α,β-unsaturated/α-hetero) is 1. The van der Waals surface area contributed by atoms with Crippen LogP contribution in [0.15, 0.2) is 24.3 Å². The Morgan fingerprint density at radius 2 is 1.93 bits per heavy atom. The van der Waals surface area contributed by atoms with E-state index in [-0.39, 0.29) is 29.2 Å². The highest BCUT2D eigenvalue weighted by Crippen LogP contribution is 2.37. The van der Waals surface area contributed by atoms with E-state index in [0.29, 0.717) is 37.0 Å². The number of aliphatic hydroxyl groups is 2. The smallest absolute Gasteiger partial charge is 0.310 e. The fraction of sp³-hybridized carbons (Fsp3) is 0.636. The van der Waals surface area contributed by atoms with E-state index in [4.69, 9.17) is 0 Å². The SMILES string of the molecule is CCC(O)CS[C@H]1C(O)CC(=O)[C@@H]1CCCCCC(C(=O)O)c1ccc(F)cc1. The second-order valence-electron chi connectivity index (χ2n) is 7.78. The maximum atomic E-state index is 13.1. The summed E-state index contributed by atoms with van der Waals surface area (Å²) in [7, 11) is 0. The Balaban J connectivity index is 1.79. The molecule has 0 saturated heterocycles. The van der Waals surface area contributed by atoms with Gasteiger partial charge in [0.15, 0.2) is 0 Å². The molecule has 5 atom stereocenters. The van der Waals surface area contributed by atoms with Gasteiger partial charge < -0.3 is 15.3 Å². The summed E-state index contributed by atoms with van der Waals surface area (Å²) in [5, 5.41) is 29.2. The average molecular weight is 427 g/mol. The second-order valence-corrected chi connectivity index (χ2v) is 9.00. The van der Waals surface area contributed by atoms with Crippen LogP contribution in [0, 0.1) is 11.7 Å². The number of ketones is 1. The molecule has 0 heterocycles. The van der Waals surface area contributed by atoms with Gasteiger partial charge in [-0.15, -0.1) is 0 Å². The van der Waals surface area contributed by atoms with Crippen molar-refractivity contribution in [3.63, 3.8) is 0 Å². The van der Waals surface area contributed by atoms with Gasteiger partial charge >= 0.3 is 5.97 Å². The van der Waals surface area contributed by atoms with Gasteiger partial charge in [0.1, 0.15) is 11.6 Å². The number of hydrogen-bond donors (Lipinski definition) is 3. The highest BCUT2D eigenvalue weighted by atomic mass is 32.2. The van der Waals surface area contributed by atoms with Crippen LogP contribution in [0.2, 0.25) is 0 Å². The van der Waals surface area contributed by atoms with Crippen LogP contribution in [-0.4, -0.2) is 50.3 Å². The molecule has 1 aromatic rings. The van der Waals surface area contributed by atoms with E-state index >= 15 is 0 Å². The van der Waals surface area contributed by atoms with E-state index in [1.54, 1.807) is 0 Å². The van der Waals surface area contributed by atoms with E-state index in [1.807, 2.05) is 6.92 Å². The fourth-order valence-corrected chi connectivity index (χ4v) is 5.35. The van der Waals surface area contributed by atoms with E-state index in [2.05, 4.69) is 0 Å². The quantitative estimate of drug-likeness (QED) is 0.441. The zero-order valence-electron chi connectivity index (χ0n) is 16.8. The molecule has 0 spiro atoms. The summed E-state index contributed by atoms with van der Waals surface area (Å²) in [6, 6.07) is 5.57. The predicted molar refractivity (Wildman–Crippen MR) is 112 cm³/mol. The summed E-state index contributed by atoms with van der Waals surface area (Å²) < 4.78 is 13.1. The maximum Gasteiger partial charge on any atom is 0.310 e. The van der Waals surface area contributed by atoms with Crippen molar-refractivity contribution in [2.24, 2.45) is 5.92 Å². The molecule has 0 radical (unpaired) electrons. The molecule has 1 aliphatic carbocycles. The van der Waals surface area contributed by atoms with E-state index in [9.17, 15) is 29.3 Å². The van der Waals surface area contributed by atoms with Crippen LogP contribution in [0.4, 0.5) is 4.39 Å². The lowest BCUT2D eigenvalue weighted by atomic mass is 9.92. The van der Waals surface area contributed by atoms with Crippen molar-refractivity contribution >= 4 is 23.5 Å². The Kier molecular flexibility index (Phi) is 9.59. The molecule has 7 heteroatoms. The average Bonchev–Trinajstić information content (AvgIpc) is 2.95. The second kappa shape index (κ2) is 11.7. The Bertz CT molecular complexity index is 666. The van der Waals surface area contributed by atoms with Gasteiger partial charge in [0, 0.05) is 23.3 Å². The molecule has 1 aliphatic rings. The van der Waals surface area contributed by atoms with Crippen molar-refractivity contribution in [1.29, 1.82) is 0 Å². The topological polar surface area (TPSA) is 94.8 Å². The normalized spacial score (nSPS) is 23.9. The van der Waals surface area contributed by atoms with Gasteiger partial charge in [-0.3, -0.25) is 9.59 Å². The van der Waals surface area contributed by atoms with Crippen LogP contribution < -0.4 is 0 Å². The van der Waals surface area contributed by atoms with Crippen LogP contribution in [0.25, 0.3) is 0 Å². The molecule has 0 aliphatic heterocycles. The summed E-state index contributed by atoms with van der Waals surface area (Å²) in [5.41, 5.74) is 0.596. The summed E-state index contributed by atoms with van der Waals surface area (Å²) in [4.78, 5) is 23.8. The molecule has 1 aromatic carbocycles. The molecule has 29 heavy (non-hydrogen) atoms. The minimum Gasteiger partial charge on any atom is -0.481 e. The highest BCUT2D eigenvalue weighted by molar-refractivity contribution is 8.00. The first-order valence-corrected chi connectivity index (χ1v) is 11.4. The number of thioether (sulfide) groups is 1. The molecule has 0 amide bonds. The third-order valence-corrected chi connectivity index (χ3v) is 7.24. The largest absolute Gasteiger partial charge is 0.481 e. The number of unbranched alkanes of at least 4 members (excludes halogenated alkanes) is 2. The number of carbonyl (C=O) groups excluding carboxylic acids is 1. The molecule has 5 nitrogen and oxygen atoms in total. The number of hydrogen-bond acceptors (Lipinski definition) is 5. The standard InChI is InChI=1S/C22H31FO5S/c1-2-16(24)13-29-21-18(19(25)12-20(21)26)7-5-3-4-6-17(22(27)28)14-8-10-15(23)11-9-14/h8-11,16-18,20-21,24,26H,2-7,12-13H2,1H3,(H,27,28)/t16?,17?,18-,20?,21+/m0/s1. The molecule has 3 N–H and O–H groups in total. The van der Waals surface area contributed by atoms with Gasteiger partial charge in [-0.1, -0.05) is 38.3 Å². The Hall–Kier alpha value is -1.44. The fourth-order valence-electron chi connectivity index (χ4n) is 3.83. The number of carbonyl (C=O) groups is 2. The number of carboxylic acid groups (broad SMARTS) is 1. The predicted octanol–water partition coefficient (Wildman–Crippen LogP) is 3.77. The Labute approximate surface area is 175 Å². The van der Waals surface area contributed by atoms with Crippen molar-refractivity contribution in [2.75, 3.05) is 5.75 Å². The van der Waals surface area contributed by atoms with Gasteiger partial charge in [-0.25, -0.2) is 4.39 Å². The molecule has 1 fully saturated rings. The molecule has 0 bridgehead atoms. The summed E-state index contributed by atoms with van der Waals surface area (Å²) >= 11 is 1.48. The number of halogens is 1. The number of carboxylic acids is 1. The minimum absolute atomic E-state index is 0.0794. The highest BCUT2D eigenvalue weighted by Gasteiger charge is 2.41. The molecular weight excluding hydrogens is 395 g/mol. The molecule has 0 aromatic heterocycles. The molecule has 1 saturated carbocycles. The van der Waals surface area contributed by atoms with Gasteiger partial charge in [-0.2, -0.15) is 11.8 Å². The first-order chi connectivity index (χ1) is 13.8. The van der Waals surface area contributed by atoms with Crippen molar-refractivity contribution in [1.82, 2.24) is 0 Å². The molecule has 2 rings (SSSR count). The number of aliphatic hydroxyl groups excluding tert-OH is 2.